The van der Waals surface area contributed by atoms with Crippen molar-refractivity contribution < 1.29 is 8.42 Å². The highest BCUT2D eigenvalue weighted by Gasteiger charge is 2.18. The largest absolute Gasteiger partial charge is 0.283 e. The molecule has 2 aromatic carbocycles. The molecule has 3 aromatic rings. The number of nitrogens with one attached hydrogen (secondary N) is 1. The lowest BCUT2D eigenvalue weighted by molar-refractivity contribution is 0.593. The summed E-state index contributed by atoms with van der Waals surface area (Å²) in [6, 6.07) is 17.0. The normalized spacial score (nSPS) is 11.4. The van der Waals surface area contributed by atoms with Crippen molar-refractivity contribution in [2.75, 3.05) is 4.72 Å². The summed E-state index contributed by atoms with van der Waals surface area (Å²) in [4.78, 5) is 0. The molecule has 0 bridgehead atoms. The molecule has 1 aromatic heterocycles. The second-order valence-electron chi connectivity index (χ2n) is 6.50. The highest BCUT2D eigenvalue weighted by molar-refractivity contribution is 7.93. The van der Waals surface area contributed by atoms with Gasteiger partial charge in [0.05, 0.1) is 10.9 Å². The van der Waals surface area contributed by atoms with E-state index in [1.165, 1.54) is 0 Å². The zero-order valence-electron chi connectivity index (χ0n) is 15.3. The third-order valence-corrected chi connectivity index (χ3v) is 5.99. The lowest BCUT2D eigenvalue weighted by atomic mass is 10.00. The van der Waals surface area contributed by atoms with Gasteiger partial charge in [0, 0.05) is 24.4 Å². The van der Waals surface area contributed by atoms with Crippen LogP contribution in [0.4, 0.5) is 5.69 Å². The van der Waals surface area contributed by atoms with E-state index in [1.54, 1.807) is 43.9 Å². The van der Waals surface area contributed by atoms with E-state index in [-0.39, 0.29) is 0 Å². The summed E-state index contributed by atoms with van der Waals surface area (Å²) in [6.45, 7) is 3.28. The van der Waals surface area contributed by atoms with Crippen molar-refractivity contribution in [2.45, 2.75) is 19.1 Å². The molecule has 0 radical (unpaired) electrons. The van der Waals surface area contributed by atoms with Gasteiger partial charge in [0.2, 0.25) is 10.0 Å². The van der Waals surface area contributed by atoms with Gasteiger partial charge in [-0.15, -0.1) is 0 Å². The molecule has 0 unspecified atom stereocenters. The number of para-hydroxylation sites is 1. The van der Waals surface area contributed by atoms with Gasteiger partial charge in [0.25, 0.3) is 0 Å². The summed E-state index contributed by atoms with van der Waals surface area (Å²) >= 11 is 0. The van der Waals surface area contributed by atoms with Crippen LogP contribution in [-0.2, 0) is 17.1 Å². The fraction of sp³-hybridized carbons (Fsp3) is 0.200. The van der Waals surface area contributed by atoms with E-state index in [2.05, 4.69) is 15.9 Å². The molecular formula is C20H20N4O2S. The number of rotatable bonds is 5. The van der Waals surface area contributed by atoms with Gasteiger partial charge in [0.15, 0.2) is 5.69 Å². The highest BCUT2D eigenvalue weighted by atomic mass is 32.2. The number of nitriles is 1. The molecule has 0 aliphatic carbocycles. The summed E-state index contributed by atoms with van der Waals surface area (Å²) in [7, 11) is -1.66. The maximum atomic E-state index is 12.2. The zero-order valence-corrected chi connectivity index (χ0v) is 16.2. The van der Waals surface area contributed by atoms with E-state index in [4.69, 9.17) is 0 Å². The second kappa shape index (κ2) is 7.25. The smallest absolute Gasteiger partial charge is 0.235 e. The molecule has 3 rings (SSSR count). The molecule has 1 heterocycles. The number of hydrogen-bond acceptors (Lipinski definition) is 4. The number of nitrogens with zero attached hydrogens (tertiary/aromatic N) is 3. The van der Waals surface area contributed by atoms with Gasteiger partial charge in [-0.1, -0.05) is 42.5 Å². The zero-order chi connectivity index (χ0) is 19.6. The maximum Gasteiger partial charge on any atom is 0.235 e. The van der Waals surface area contributed by atoms with Crippen molar-refractivity contribution in [3.8, 4) is 28.3 Å². The molecule has 0 aliphatic heterocycles. The third-order valence-electron chi connectivity index (χ3n) is 4.24. The Morgan fingerprint density at radius 2 is 1.63 bits per heavy atom. The van der Waals surface area contributed by atoms with Gasteiger partial charge in [-0.2, -0.15) is 10.4 Å². The Morgan fingerprint density at radius 1 is 1.04 bits per heavy atom. The summed E-state index contributed by atoms with van der Waals surface area (Å²) in [6.07, 6.45) is 1.80. The van der Waals surface area contributed by atoms with Crippen LogP contribution in [0.25, 0.3) is 22.3 Å². The maximum absolute atomic E-state index is 12.2. The van der Waals surface area contributed by atoms with Crippen molar-refractivity contribution in [1.29, 1.82) is 5.26 Å². The molecule has 6 nitrogen and oxygen atoms in total. The van der Waals surface area contributed by atoms with E-state index in [9.17, 15) is 13.7 Å². The first-order valence-electron chi connectivity index (χ1n) is 8.47. The van der Waals surface area contributed by atoms with E-state index < -0.39 is 15.3 Å². The van der Waals surface area contributed by atoms with Crippen LogP contribution >= 0.6 is 0 Å². The number of aromatic nitrogens is 2. The van der Waals surface area contributed by atoms with E-state index in [0.29, 0.717) is 11.4 Å². The van der Waals surface area contributed by atoms with Crippen LogP contribution in [0, 0.1) is 11.3 Å². The number of aryl methyl sites for hydroxylation is 1. The molecule has 7 heteroatoms. The standard InChI is InChI=1S/C20H20N4O2S/c1-14(2)27(25,26)23-19-7-5-4-6-17(19)15-8-10-16(11-9-15)18-13-24(3)22-20(18)12-21/h4-11,13-14,23H,1-3H3. The summed E-state index contributed by atoms with van der Waals surface area (Å²) in [5.74, 6) is 0. The highest BCUT2D eigenvalue weighted by Crippen LogP contribution is 2.31. The quantitative estimate of drug-likeness (QED) is 0.730. The van der Waals surface area contributed by atoms with Crippen LogP contribution in [0.2, 0.25) is 0 Å². The Kier molecular flexibility index (Phi) is 5.02. The number of anilines is 1. The minimum absolute atomic E-state index is 0.371. The molecule has 1 N–H and O–H groups in total. The first-order valence-corrected chi connectivity index (χ1v) is 10.0. The van der Waals surface area contributed by atoms with Crippen LogP contribution in [0.15, 0.2) is 54.7 Å². The van der Waals surface area contributed by atoms with Crippen LogP contribution in [0.3, 0.4) is 0 Å². The Morgan fingerprint density at radius 3 is 2.22 bits per heavy atom. The molecule has 0 atom stereocenters. The topological polar surface area (TPSA) is 87.8 Å². The molecule has 0 fully saturated rings. The van der Waals surface area contributed by atoms with Crippen LogP contribution < -0.4 is 4.72 Å². The van der Waals surface area contributed by atoms with Gasteiger partial charge < -0.3 is 0 Å². The van der Waals surface area contributed by atoms with Gasteiger partial charge in [0.1, 0.15) is 6.07 Å². The van der Waals surface area contributed by atoms with Crippen LogP contribution in [-0.4, -0.2) is 23.4 Å². The molecule has 0 spiro atoms. The van der Waals surface area contributed by atoms with E-state index >= 15 is 0 Å². The molecule has 0 saturated heterocycles. The van der Waals surface area contributed by atoms with Crippen LogP contribution in [0.5, 0.6) is 0 Å². The predicted molar refractivity (Wildman–Crippen MR) is 106 cm³/mol. The van der Waals surface area contributed by atoms with Crippen molar-refractivity contribution in [3.63, 3.8) is 0 Å². The van der Waals surface area contributed by atoms with Crippen molar-refractivity contribution in [1.82, 2.24) is 9.78 Å². The van der Waals surface area contributed by atoms with Crippen molar-refractivity contribution >= 4 is 15.7 Å². The third kappa shape index (κ3) is 3.86. The monoisotopic (exact) mass is 380 g/mol. The van der Waals surface area contributed by atoms with Crippen molar-refractivity contribution in [3.05, 3.63) is 60.4 Å². The summed E-state index contributed by atoms with van der Waals surface area (Å²) in [5.41, 5.74) is 4.22. The van der Waals surface area contributed by atoms with Crippen LogP contribution in [0.1, 0.15) is 19.5 Å². The molecule has 0 aliphatic rings. The fourth-order valence-electron chi connectivity index (χ4n) is 2.71. The first kappa shape index (κ1) is 18.7. The first-order chi connectivity index (χ1) is 12.8. The number of hydrogen-bond donors (Lipinski definition) is 1. The molecule has 0 amide bonds. The van der Waals surface area contributed by atoms with E-state index in [0.717, 1.165) is 22.3 Å². The predicted octanol–water partition coefficient (Wildman–Crippen LogP) is 3.78. The van der Waals surface area contributed by atoms with Gasteiger partial charge in [-0.3, -0.25) is 9.40 Å². The second-order valence-corrected chi connectivity index (χ2v) is 8.73. The van der Waals surface area contributed by atoms with Gasteiger partial charge in [-0.05, 0) is 31.0 Å². The molecule has 0 saturated carbocycles. The molecular weight excluding hydrogens is 360 g/mol. The minimum atomic E-state index is -3.44. The lowest BCUT2D eigenvalue weighted by Gasteiger charge is -2.15. The average molecular weight is 380 g/mol. The molecule has 27 heavy (non-hydrogen) atoms. The Bertz CT molecular complexity index is 1110. The SMILES string of the molecule is CC(C)S(=O)(=O)Nc1ccccc1-c1ccc(-c2cn(C)nc2C#N)cc1. The van der Waals surface area contributed by atoms with Gasteiger partial charge >= 0.3 is 0 Å². The number of sulfonamides is 1. The van der Waals surface area contributed by atoms with Gasteiger partial charge in [-0.25, -0.2) is 8.42 Å². The van der Waals surface area contributed by atoms with E-state index in [1.807, 2.05) is 36.4 Å². The summed E-state index contributed by atoms with van der Waals surface area (Å²) < 4.78 is 28.8. The number of benzene rings is 2. The average Bonchev–Trinajstić information content (AvgIpc) is 3.03. The van der Waals surface area contributed by atoms with Crippen molar-refractivity contribution in [2.24, 2.45) is 7.05 Å². The summed E-state index contributed by atoms with van der Waals surface area (Å²) in [5, 5.41) is 12.8. The Balaban J connectivity index is 1.98. The minimum Gasteiger partial charge on any atom is -0.283 e. The molecule has 138 valence electrons. The lowest BCUT2D eigenvalue weighted by Crippen LogP contribution is -2.22. The Hall–Kier alpha value is -3.11. The fourth-order valence-corrected chi connectivity index (χ4v) is 3.43. The Labute approximate surface area is 159 Å².